The molecule has 4 rings (SSSR count). The Bertz CT molecular complexity index is 999. The maximum Gasteiger partial charge on any atom is 0.278 e. The van der Waals surface area contributed by atoms with E-state index in [1.54, 1.807) is 6.20 Å². The van der Waals surface area contributed by atoms with Crippen molar-refractivity contribution in [2.45, 2.75) is 83.7 Å². The molecule has 0 bridgehead atoms. The standard InChI is InChI=1S/C26H36F2N4O2S/c1-17(2)23-20(5-4-12-29-23)24(33)30-19-8-6-18(7-9-19)10-13-32-14-11-22-21(15-32)31-25(35-22)34-16-26(3,27)28/h4-5,12,17-19H,6-11,13-16H2,1-3H3,(H,30,33)/t18-,19-. The van der Waals surface area contributed by atoms with Gasteiger partial charge in [0.05, 0.1) is 17.0 Å². The average molecular weight is 507 g/mol. The Kier molecular flexibility index (Phi) is 8.37. The molecule has 9 heteroatoms. The minimum Gasteiger partial charge on any atom is -0.464 e. The van der Waals surface area contributed by atoms with Crippen molar-refractivity contribution in [3.63, 3.8) is 0 Å². The zero-order valence-electron chi connectivity index (χ0n) is 20.9. The molecule has 0 atom stereocenters. The van der Waals surface area contributed by atoms with Crippen molar-refractivity contribution in [1.82, 2.24) is 20.2 Å². The number of carbonyl (C=O) groups excluding carboxylic acids is 1. The molecule has 2 aromatic heterocycles. The summed E-state index contributed by atoms with van der Waals surface area (Å²) < 4.78 is 31.3. The molecule has 35 heavy (non-hydrogen) atoms. The molecular formula is C26H36F2N4O2S. The molecule has 1 fully saturated rings. The molecule has 6 nitrogen and oxygen atoms in total. The second-order valence-electron chi connectivity index (χ2n) is 10.3. The van der Waals surface area contributed by atoms with Gasteiger partial charge in [0.2, 0.25) is 0 Å². The predicted octanol–water partition coefficient (Wildman–Crippen LogP) is 5.43. The molecule has 0 spiro atoms. The lowest BCUT2D eigenvalue weighted by Crippen LogP contribution is -2.39. The summed E-state index contributed by atoms with van der Waals surface area (Å²) in [7, 11) is 0. The van der Waals surface area contributed by atoms with Gasteiger partial charge in [-0.2, -0.15) is 0 Å². The Morgan fingerprint density at radius 3 is 2.80 bits per heavy atom. The Morgan fingerprint density at radius 1 is 1.31 bits per heavy atom. The molecule has 1 N–H and O–H groups in total. The van der Waals surface area contributed by atoms with Crippen LogP contribution in [0.3, 0.4) is 0 Å². The van der Waals surface area contributed by atoms with Crippen LogP contribution < -0.4 is 10.1 Å². The van der Waals surface area contributed by atoms with Crippen molar-refractivity contribution in [1.29, 1.82) is 0 Å². The van der Waals surface area contributed by atoms with Crippen LogP contribution in [0.25, 0.3) is 0 Å². The smallest absolute Gasteiger partial charge is 0.278 e. The Balaban J connectivity index is 1.19. The summed E-state index contributed by atoms with van der Waals surface area (Å²) in [6, 6.07) is 3.91. The van der Waals surface area contributed by atoms with Crippen molar-refractivity contribution in [3.8, 4) is 5.19 Å². The SMILES string of the molecule is CC(C)c1ncccc1C(=O)N[C@H]1CC[C@H](CCN2CCc3sc(OCC(C)(F)F)nc3C2)CC1. The third-order valence-electron chi connectivity index (χ3n) is 6.90. The lowest BCUT2D eigenvalue weighted by Gasteiger charge is -2.32. The van der Waals surface area contributed by atoms with Crippen LogP contribution in [0.1, 0.15) is 85.4 Å². The van der Waals surface area contributed by atoms with Gasteiger partial charge in [-0.25, -0.2) is 13.8 Å². The molecule has 1 aliphatic carbocycles. The molecular weight excluding hydrogens is 470 g/mol. The van der Waals surface area contributed by atoms with E-state index in [0.29, 0.717) is 16.7 Å². The molecule has 1 saturated carbocycles. The molecule has 1 amide bonds. The van der Waals surface area contributed by atoms with Gasteiger partial charge in [0.15, 0.2) is 6.61 Å². The second kappa shape index (κ2) is 11.3. The van der Waals surface area contributed by atoms with Gasteiger partial charge in [-0.05, 0) is 69.0 Å². The number of fused-ring (bicyclic) bond motifs is 1. The maximum absolute atomic E-state index is 13.1. The number of rotatable bonds is 9. The highest BCUT2D eigenvalue weighted by molar-refractivity contribution is 7.13. The lowest BCUT2D eigenvalue weighted by atomic mass is 9.84. The number of carbonyl (C=O) groups is 1. The second-order valence-corrected chi connectivity index (χ2v) is 11.4. The van der Waals surface area contributed by atoms with Crippen LogP contribution in [0.2, 0.25) is 0 Å². The summed E-state index contributed by atoms with van der Waals surface area (Å²) in [6.07, 6.45) is 8.02. The lowest BCUT2D eigenvalue weighted by molar-refractivity contribution is -0.0230. The molecule has 2 aromatic rings. The van der Waals surface area contributed by atoms with Crippen LogP contribution in [0.5, 0.6) is 5.19 Å². The number of hydrogen-bond donors (Lipinski definition) is 1. The van der Waals surface area contributed by atoms with Crippen LogP contribution >= 0.6 is 11.3 Å². The highest BCUT2D eigenvalue weighted by atomic mass is 32.1. The fourth-order valence-corrected chi connectivity index (χ4v) is 5.87. The van der Waals surface area contributed by atoms with Crippen LogP contribution in [0.4, 0.5) is 8.78 Å². The number of aromatic nitrogens is 2. The number of thiazole rings is 1. The van der Waals surface area contributed by atoms with Gasteiger partial charge in [-0.1, -0.05) is 25.2 Å². The molecule has 3 heterocycles. The number of ether oxygens (including phenoxy) is 1. The number of pyridine rings is 1. The largest absolute Gasteiger partial charge is 0.464 e. The van der Waals surface area contributed by atoms with E-state index in [2.05, 4.69) is 34.0 Å². The van der Waals surface area contributed by atoms with Gasteiger partial charge < -0.3 is 10.1 Å². The fourth-order valence-electron chi connectivity index (χ4n) is 4.96. The molecule has 192 valence electrons. The van der Waals surface area contributed by atoms with Gasteiger partial charge in [-0.3, -0.25) is 14.7 Å². The van der Waals surface area contributed by atoms with Gasteiger partial charge in [0.25, 0.3) is 17.0 Å². The molecule has 2 aliphatic rings. The number of amides is 1. The van der Waals surface area contributed by atoms with Crippen molar-refractivity contribution < 1.29 is 18.3 Å². The third-order valence-corrected chi connectivity index (χ3v) is 7.97. The zero-order chi connectivity index (χ0) is 25.0. The number of nitrogens with one attached hydrogen (secondary N) is 1. The summed E-state index contributed by atoms with van der Waals surface area (Å²) in [5, 5.41) is 3.59. The van der Waals surface area contributed by atoms with E-state index < -0.39 is 12.5 Å². The highest BCUT2D eigenvalue weighted by Crippen LogP contribution is 2.32. The molecule has 0 unspecified atom stereocenters. The number of alkyl halides is 2. The minimum absolute atomic E-state index is 0.0105. The first kappa shape index (κ1) is 25.9. The predicted molar refractivity (Wildman–Crippen MR) is 133 cm³/mol. The van der Waals surface area contributed by atoms with Gasteiger partial charge >= 0.3 is 0 Å². The first-order valence-corrected chi connectivity index (χ1v) is 13.5. The molecule has 0 aromatic carbocycles. The summed E-state index contributed by atoms with van der Waals surface area (Å²) in [5.41, 5.74) is 2.51. The Labute approximate surface area is 210 Å². The van der Waals surface area contributed by atoms with Crippen molar-refractivity contribution in [2.75, 3.05) is 19.7 Å². The van der Waals surface area contributed by atoms with E-state index >= 15 is 0 Å². The first-order chi connectivity index (χ1) is 16.7. The minimum atomic E-state index is -2.85. The monoisotopic (exact) mass is 506 g/mol. The highest BCUT2D eigenvalue weighted by Gasteiger charge is 2.27. The van der Waals surface area contributed by atoms with E-state index in [-0.39, 0.29) is 17.9 Å². The normalized spacial score (nSPS) is 21.1. The maximum atomic E-state index is 13.1. The summed E-state index contributed by atoms with van der Waals surface area (Å²) >= 11 is 1.40. The zero-order valence-corrected chi connectivity index (χ0v) is 21.7. The van der Waals surface area contributed by atoms with Crippen LogP contribution in [-0.2, 0) is 13.0 Å². The quantitative estimate of drug-likeness (QED) is 0.491. The van der Waals surface area contributed by atoms with E-state index in [1.165, 1.54) is 11.3 Å². The fraction of sp³-hybridized carbons (Fsp3) is 0.654. The van der Waals surface area contributed by atoms with Crippen LogP contribution in [-0.4, -0.2) is 52.4 Å². The number of hydrogen-bond acceptors (Lipinski definition) is 6. The summed E-state index contributed by atoms with van der Waals surface area (Å²) in [4.78, 5) is 25.3. The summed E-state index contributed by atoms with van der Waals surface area (Å²) in [5.74, 6) is -1.99. The van der Waals surface area contributed by atoms with Gasteiger partial charge in [0.1, 0.15) is 0 Å². The van der Waals surface area contributed by atoms with Crippen molar-refractivity contribution in [2.24, 2.45) is 5.92 Å². The van der Waals surface area contributed by atoms with E-state index in [4.69, 9.17) is 4.74 Å². The topological polar surface area (TPSA) is 67.4 Å². The number of halogens is 2. The average Bonchev–Trinajstić information content (AvgIpc) is 3.24. The Hall–Kier alpha value is -2.13. The van der Waals surface area contributed by atoms with E-state index in [9.17, 15) is 13.6 Å². The van der Waals surface area contributed by atoms with E-state index in [1.807, 2.05) is 12.1 Å². The first-order valence-electron chi connectivity index (χ1n) is 12.7. The van der Waals surface area contributed by atoms with Gasteiger partial charge in [0, 0.05) is 37.1 Å². The summed E-state index contributed by atoms with van der Waals surface area (Å²) in [6.45, 7) is 7.07. The van der Waals surface area contributed by atoms with Crippen LogP contribution in [0.15, 0.2) is 18.3 Å². The molecule has 1 aliphatic heterocycles. The third kappa shape index (κ3) is 7.19. The Morgan fingerprint density at radius 2 is 2.09 bits per heavy atom. The van der Waals surface area contributed by atoms with Crippen molar-refractivity contribution >= 4 is 17.2 Å². The van der Waals surface area contributed by atoms with Crippen LogP contribution in [0, 0.1) is 5.92 Å². The van der Waals surface area contributed by atoms with Gasteiger partial charge in [-0.15, -0.1) is 0 Å². The number of nitrogens with zero attached hydrogens (tertiary/aromatic N) is 3. The van der Waals surface area contributed by atoms with E-state index in [0.717, 1.165) is 81.3 Å². The van der Waals surface area contributed by atoms with Crippen molar-refractivity contribution in [3.05, 3.63) is 40.2 Å². The molecule has 0 saturated heterocycles. The molecule has 0 radical (unpaired) electrons.